The highest BCUT2D eigenvalue weighted by atomic mass is 16.3. The molecule has 1 aliphatic rings. The number of carbonyl (C=O) groups excluding carboxylic acids is 1. The van der Waals surface area contributed by atoms with E-state index >= 15 is 0 Å². The number of amides is 1. The lowest BCUT2D eigenvalue weighted by Crippen LogP contribution is -2.50. The van der Waals surface area contributed by atoms with Crippen LogP contribution in [0, 0.1) is 5.41 Å². The number of aliphatic hydroxyl groups excluding tert-OH is 1. The van der Waals surface area contributed by atoms with Crippen LogP contribution in [0.25, 0.3) is 0 Å². The zero-order valence-electron chi connectivity index (χ0n) is 14.4. The minimum atomic E-state index is -0.422. The van der Waals surface area contributed by atoms with E-state index in [-0.39, 0.29) is 18.6 Å². The third kappa shape index (κ3) is 4.27. The quantitative estimate of drug-likeness (QED) is 0.758. The van der Waals surface area contributed by atoms with E-state index in [1.807, 2.05) is 48.5 Å². The Balaban J connectivity index is 1.79. The Hall–Kier alpha value is -2.17. The second-order valence-corrected chi connectivity index (χ2v) is 6.81. The molecule has 0 aliphatic carbocycles. The van der Waals surface area contributed by atoms with E-state index in [2.05, 4.69) is 22.8 Å². The Morgan fingerprint density at radius 2 is 1.64 bits per heavy atom. The van der Waals surface area contributed by atoms with Crippen LogP contribution in [-0.4, -0.2) is 30.7 Å². The van der Waals surface area contributed by atoms with Gasteiger partial charge in [0.05, 0.1) is 18.1 Å². The molecule has 1 fully saturated rings. The molecule has 0 spiro atoms. The smallest absolute Gasteiger partial charge is 0.227 e. The van der Waals surface area contributed by atoms with Crippen LogP contribution in [0.15, 0.2) is 60.7 Å². The van der Waals surface area contributed by atoms with Crippen LogP contribution < -0.4 is 10.6 Å². The maximum absolute atomic E-state index is 13.2. The molecule has 3 rings (SSSR count). The van der Waals surface area contributed by atoms with E-state index in [1.54, 1.807) is 0 Å². The first-order chi connectivity index (χ1) is 12.2. The van der Waals surface area contributed by atoms with Gasteiger partial charge in [-0.3, -0.25) is 4.79 Å². The SMILES string of the molecule is O=C(NC(CO)c1ccccc1)C1(Cc2ccccc2)CCNCC1. The van der Waals surface area contributed by atoms with Crippen molar-refractivity contribution >= 4 is 5.91 Å². The van der Waals surface area contributed by atoms with E-state index in [4.69, 9.17) is 0 Å². The van der Waals surface area contributed by atoms with Gasteiger partial charge in [0, 0.05) is 0 Å². The van der Waals surface area contributed by atoms with Crippen molar-refractivity contribution in [3.8, 4) is 0 Å². The highest BCUT2D eigenvalue weighted by molar-refractivity contribution is 5.83. The van der Waals surface area contributed by atoms with Crippen molar-refractivity contribution in [2.24, 2.45) is 5.41 Å². The highest BCUT2D eigenvalue weighted by Crippen LogP contribution is 2.34. The first-order valence-corrected chi connectivity index (χ1v) is 8.95. The fourth-order valence-corrected chi connectivity index (χ4v) is 3.61. The van der Waals surface area contributed by atoms with Crippen molar-refractivity contribution in [1.82, 2.24) is 10.6 Å². The molecular weight excluding hydrogens is 312 g/mol. The predicted octanol–water partition coefficient (Wildman–Crippen LogP) is 2.45. The summed E-state index contributed by atoms with van der Waals surface area (Å²) in [6.07, 6.45) is 2.34. The fraction of sp³-hybridized carbons (Fsp3) is 0.381. The normalized spacial score (nSPS) is 17.6. The summed E-state index contributed by atoms with van der Waals surface area (Å²) in [7, 11) is 0. The molecule has 0 saturated carbocycles. The number of nitrogens with one attached hydrogen (secondary N) is 2. The predicted molar refractivity (Wildman–Crippen MR) is 99.1 cm³/mol. The molecule has 1 amide bonds. The first-order valence-electron chi connectivity index (χ1n) is 8.95. The number of piperidine rings is 1. The zero-order chi connectivity index (χ0) is 17.5. The molecule has 4 nitrogen and oxygen atoms in total. The van der Waals surface area contributed by atoms with Crippen LogP contribution in [0.5, 0.6) is 0 Å². The summed E-state index contributed by atoms with van der Waals surface area (Å²) in [6, 6.07) is 19.5. The monoisotopic (exact) mass is 338 g/mol. The lowest BCUT2D eigenvalue weighted by atomic mass is 9.73. The van der Waals surface area contributed by atoms with Crippen LogP contribution in [0.2, 0.25) is 0 Å². The van der Waals surface area contributed by atoms with Gasteiger partial charge < -0.3 is 15.7 Å². The largest absolute Gasteiger partial charge is 0.394 e. The summed E-state index contributed by atoms with van der Waals surface area (Å²) >= 11 is 0. The molecule has 132 valence electrons. The molecule has 2 aromatic rings. The second kappa shape index (κ2) is 8.28. The van der Waals surface area contributed by atoms with E-state index in [0.29, 0.717) is 0 Å². The molecule has 1 atom stereocenters. The molecule has 2 aromatic carbocycles. The third-order valence-electron chi connectivity index (χ3n) is 5.12. The van der Waals surface area contributed by atoms with Crippen molar-refractivity contribution in [3.05, 3.63) is 71.8 Å². The number of hydrogen-bond acceptors (Lipinski definition) is 3. The van der Waals surface area contributed by atoms with Gasteiger partial charge in [-0.2, -0.15) is 0 Å². The summed E-state index contributed by atoms with van der Waals surface area (Å²) in [5.74, 6) is 0.0424. The van der Waals surface area contributed by atoms with Crippen molar-refractivity contribution < 1.29 is 9.90 Å². The number of rotatable bonds is 6. The molecule has 1 aliphatic heterocycles. The Morgan fingerprint density at radius 1 is 1.04 bits per heavy atom. The van der Waals surface area contributed by atoms with Gasteiger partial charge in [-0.15, -0.1) is 0 Å². The van der Waals surface area contributed by atoms with Gasteiger partial charge in [0.1, 0.15) is 0 Å². The molecular formula is C21H26N2O2. The van der Waals surface area contributed by atoms with Gasteiger partial charge in [0.15, 0.2) is 0 Å². The van der Waals surface area contributed by atoms with Crippen LogP contribution in [-0.2, 0) is 11.2 Å². The highest BCUT2D eigenvalue weighted by Gasteiger charge is 2.40. The Bertz CT molecular complexity index is 667. The average molecular weight is 338 g/mol. The molecule has 1 saturated heterocycles. The first kappa shape index (κ1) is 17.6. The standard InChI is InChI=1S/C21H26N2O2/c24-16-19(18-9-5-2-6-10-18)23-20(25)21(11-13-22-14-12-21)15-17-7-3-1-4-8-17/h1-10,19,22,24H,11-16H2,(H,23,25). The maximum Gasteiger partial charge on any atom is 0.227 e. The van der Waals surface area contributed by atoms with E-state index < -0.39 is 5.41 Å². The zero-order valence-corrected chi connectivity index (χ0v) is 14.4. The van der Waals surface area contributed by atoms with E-state index in [9.17, 15) is 9.90 Å². The van der Waals surface area contributed by atoms with Crippen molar-refractivity contribution in [2.75, 3.05) is 19.7 Å². The van der Waals surface area contributed by atoms with Crippen LogP contribution >= 0.6 is 0 Å². The second-order valence-electron chi connectivity index (χ2n) is 6.81. The minimum absolute atomic E-state index is 0.0424. The van der Waals surface area contributed by atoms with Gasteiger partial charge in [-0.05, 0) is 43.5 Å². The molecule has 4 heteroatoms. The molecule has 1 unspecified atom stereocenters. The topological polar surface area (TPSA) is 61.4 Å². The van der Waals surface area contributed by atoms with Crippen molar-refractivity contribution in [2.45, 2.75) is 25.3 Å². The summed E-state index contributed by atoms with van der Waals surface area (Å²) in [6.45, 7) is 1.58. The van der Waals surface area contributed by atoms with Gasteiger partial charge in [0.25, 0.3) is 0 Å². The van der Waals surface area contributed by atoms with Gasteiger partial charge in [-0.1, -0.05) is 60.7 Å². The molecule has 0 radical (unpaired) electrons. The summed E-state index contributed by atoms with van der Waals surface area (Å²) in [5.41, 5.74) is 1.69. The van der Waals surface area contributed by atoms with Crippen LogP contribution in [0.1, 0.15) is 30.0 Å². The number of aliphatic hydroxyl groups is 1. The lowest BCUT2D eigenvalue weighted by molar-refractivity contribution is -0.133. The summed E-state index contributed by atoms with van der Waals surface area (Å²) in [4.78, 5) is 13.2. The molecule has 0 aromatic heterocycles. The number of hydrogen-bond donors (Lipinski definition) is 3. The third-order valence-corrected chi connectivity index (χ3v) is 5.12. The van der Waals surface area contributed by atoms with Gasteiger partial charge in [0.2, 0.25) is 5.91 Å². The van der Waals surface area contributed by atoms with Crippen molar-refractivity contribution in [3.63, 3.8) is 0 Å². The Morgan fingerprint density at radius 3 is 2.24 bits per heavy atom. The Labute approximate surface area is 149 Å². The number of carbonyl (C=O) groups is 1. The number of benzene rings is 2. The molecule has 25 heavy (non-hydrogen) atoms. The molecule has 0 bridgehead atoms. The molecule has 3 N–H and O–H groups in total. The van der Waals surface area contributed by atoms with Crippen molar-refractivity contribution in [1.29, 1.82) is 0 Å². The summed E-state index contributed by atoms with van der Waals surface area (Å²) in [5, 5.41) is 16.2. The molecule has 1 heterocycles. The lowest BCUT2D eigenvalue weighted by Gasteiger charge is -2.37. The fourth-order valence-electron chi connectivity index (χ4n) is 3.61. The Kier molecular flexibility index (Phi) is 5.84. The van der Waals surface area contributed by atoms with Crippen LogP contribution in [0.4, 0.5) is 0 Å². The maximum atomic E-state index is 13.2. The van der Waals surface area contributed by atoms with Gasteiger partial charge in [-0.25, -0.2) is 0 Å². The summed E-state index contributed by atoms with van der Waals surface area (Å²) < 4.78 is 0. The van der Waals surface area contributed by atoms with E-state index in [1.165, 1.54) is 5.56 Å². The minimum Gasteiger partial charge on any atom is -0.394 e. The van der Waals surface area contributed by atoms with Gasteiger partial charge >= 0.3 is 0 Å². The average Bonchev–Trinajstić information content (AvgIpc) is 2.68. The van der Waals surface area contributed by atoms with E-state index in [0.717, 1.165) is 37.9 Å². The van der Waals surface area contributed by atoms with Crippen LogP contribution in [0.3, 0.4) is 0 Å².